The number of halogens is 1. The van der Waals surface area contributed by atoms with Gasteiger partial charge in [0.25, 0.3) is 5.91 Å². The Bertz CT molecular complexity index is 1110. The Labute approximate surface area is 202 Å². The maximum Gasteiger partial charge on any atom is 0.253 e. The number of nitrogen functional groups attached to an aromatic ring is 1. The highest BCUT2D eigenvalue weighted by molar-refractivity contribution is 6.50. The van der Waals surface area contributed by atoms with E-state index in [-0.39, 0.29) is 41.8 Å². The molecule has 9 nitrogen and oxygen atoms in total. The maximum absolute atomic E-state index is 14.4. The van der Waals surface area contributed by atoms with E-state index < -0.39 is 17.3 Å². The summed E-state index contributed by atoms with van der Waals surface area (Å²) in [5.41, 5.74) is 12.5. The van der Waals surface area contributed by atoms with E-state index in [1.165, 1.54) is 13.2 Å². The van der Waals surface area contributed by atoms with Crippen LogP contribution in [0.25, 0.3) is 5.70 Å². The molecule has 35 heavy (non-hydrogen) atoms. The summed E-state index contributed by atoms with van der Waals surface area (Å²) in [4.78, 5) is 27.1. The van der Waals surface area contributed by atoms with E-state index in [9.17, 15) is 14.0 Å². The number of carbonyl (C=O) groups is 2. The van der Waals surface area contributed by atoms with Crippen LogP contribution in [0, 0.1) is 11.2 Å². The van der Waals surface area contributed by atoms with E-state index >= 15 is 0 Å². The van der Waals surface area contributed by atoms with Crippen LogP contribution >= 0.6 is 0 Å². The Kier molecular flexibility index (Phi) is 8.93. The van der Waals surface area contributed by atoms with Crippen molar-refractivity contribution < 1.29 is 28.2 Å². The Morgan fingerprint density at radius 1 is 1.14 bits per heavy atom. The minimum absolute atomic E-state index is 0.0194. The standard InChI is InChI=1S/C25H29FN4O5/c1-33-11-12-35-23-15-21(28)18(13-19(23)26)24(29)22(31)14-20(27)16-3-5-17(6-4-16)25(32)30-7-2-9-34-10-8-30/h3-6,13-15,29H,2,7-12,27-28H2,1H3. The van der Waals surface area contributed by atoms with Gasteiger partial charge in [0.15, 0.2) is 11.6 Å². The number of nitrogens with two attached hydrogens (primary N) is 2. The summed E-state index contributed by atoms with van der Waals surface area (Å²) in [5, 5.41) is 8.17. The number of ether oxygens (including phenoxy) is 3. The van der Waals surface area contributed by atoms with E-state index in [1.54, 1.807) is 29.2 Å². The molecule has 0 aromatic heterocycles. The van der Waals surface area contributed by atoms with E-state index in [1.807, 2.05) is 0 Å². The molecule has 2 aromatic carbocycles. The fourth-order valence-electron chi connectivity index (χ4n) is 3.50. The van der Waals surface area contributed by atoms with Crippen LogP contribution < -0.4 is 16.2 Å². The molecule has 0 radical (unpaired) electrons. The van der Waals surface area contributed by atoms with Crippen LogP contribution in [0.4, 0.5) is 10.1 Å². The molecule has 0 unspecified atom stereocenters. The second-order valence-corrected chi connectivity index (χ2v) is 7.89. The predicted molar refractivity (Wildman–Crippen MR) is 130 cm³/mol. The fourth-order valence-corrected chi connectivity index (χ4v) is 3.50. The predicted octanol–water partition coefficient (Wildman–Crippen LogP) is 2.23. The number of hydrogen-bond acceptors (Lipinski definition) is 8. The molecule has 1 aliphatic heterocycles. The molecular weight excluding hydrogens is 455 g/mol. The molecule has 0 atom stereocenters. The first kappa shape index (κ1) is 25.9. The topological polar surface area (TPSA) is 141 Å². The number of nitrogens with one attached hydrogen (secondary N) is 1. The number of hydrogen-bond donors (Lipinski definition) is 3. The molecule has 0 spiro atoms. The Morgan fingerprint density at radius 3 is 2.57 bits per heavy atom. The molecule has 0 saturated carbocycles. The smallest absolute Gasteiger partial charge is 0.253 e. The zero-order valence-electron chi connectivity index (χ0n) is 19.5. The SMILES string of the molecule is COCCOc1cc(N)c(C(=N)C(=O)C=C(N)c2ccc(C(=O)N3CCCOCC3)cc2)cc1F. The van der Waals surface area contributed by atoms with Gasteiger partial charge in [0, 0.05) is 61.5 Å². The van der Waals surface area contributed by atoms with Gasteiger partial charge in [-0.15, -0.1) is 0 Å². The van der Waals surface area contributed by atoms with Gasteiger partial charge in [0.2, 0.25) is 5.78 Å². The van der Waals surface area contributed by atoms with E-state index in [0.717, 1.165) is 18.6 Å². The Balaban J connectivity index is 1.70. The highest BCUT2D eigenvalue weighted by Crippen LogP contribution is 2.25. The van der Waals surface area contributed by atoms with Crippen LogP contribution in [0.3, 0.4) is 0 Å². The fraction of sp³-hybridized carbons (Fsp3) is 0.320. The summed E-state index contributed by atoms with van der Waals surface area (Å²) in [6, 6.07) is 8.73. The molecule has 0 bridgehead atoms. The summed E-state index contributed by atoms with van der Waals surface area (Å²) in [5.74, 6) is -1.70. The number of carbonyl (C=O) groups excluding carboxylic acids is 2. The Morgan fingerprint density at radius 2 is 1.86 bits per heavy atom. The molecule has 10 heteroatoms. The number of benzene rings is 2. The van der Waals surface area contributed by atoms with Gasteiger partial charge in [-0.3, -0.25) is 15.0 Å². The average molecular weight is 485 g/mol. The molecule has 1 amide bonds. The molecular formula is C25H29FN4O5. The van der Waals surface area contributed by atoms with Crippen molar-refractivity contribution in [2.24, 2.45) is 5.73 Å². The van der Waals surface area contributed by atoms with Crippen molar-refractivity contribution in [3.63, 3.8) is 0 Å². The largest absolute Gasteiger partial charge is 0.488 e. The van der Waals surface area contributed by atoms with Crippen LogP contribution in [0.5, 0.6) is 5.75 Å². The van der Waals surface area contributed by atoms with Crippen molar-refractivity contribution in [2.45, 2.75) is 6.42 Å². The molecule has 1 saturated heterocycles. The lowest BCUT2D eigenvalue weighted by molar-refractivity contribution is -0.108. The minimum Gasteiger partial charge on any atom is -0.488 e. The van der Waals surface area contributed by atoms with Crippen molar-refractivity contribution in [2.75, 3.05) is 52.4 Å². The summed E-state index contributed by atoms with van der Waals surface area (Å²) in [6.07, 6.45) is 1.86. The molecule has 1 fully saturated rings. The van der Waals surface area contributed by atoms with Gasteiger partial charge in [0.1, 0.15) is 12.3 Å². The number of anilines is 1. The first-order chi connectivity index (χ1) is 16.8. The zero-order valence-corrected chi connectivity index (χ0v) is 19.5. The lowest BCUT2D eigenvalue weighted by atomic mass is 10.0. The average Bonchev–Trinajstić information content (AvgIpc) is 3.15. The number of nitrogens with zero attached hydrogens (tertiary/aromatic N) is 1. The molecule has 186 valence electrons. The Hall–Kier alpha value is -3.76. The van der Waals surface area contributed by atoms with Gasteiger partial charge in [0.05, 0.1) is 13.2 Å². The zero-order chi connectivity index (χ0) is 25.4. The first-order valence-corrected chi connectivity index (χ1v) is 11.1. The highest BCUT2D eigenvalue weighted by Gasteiger charge is 2.19. The molecule has 2 aromatic rings. The van der Waals surface area contributed by atoms with Gasteiger partial charge in [-0.1, -0.05) is 12.1 Å². The second-order valence-electron chi connectivity index (χ2n) is 7.89. The van der Waals surface area contributed by atoms with E-state index in [2.05, 4.69) is 0 Å². The summed E-state index contributed by atoms with van der Waals surface area (Å²) >= 11 is 0. The lowest BCUT2D eigenvalue weighted by Crippen LogP contribution is -2.33. The second kappa shape index (κ2) is 12.1. The number of allylic oxidation sites excluding steroid dienone is 1. The number of methoxy groups -OCH3 is 1. The number of rotatable bonds is 9. The van der Waals surface area contributed by atoms with Gasteiger partial charge < -0.3 is 30.6 Å². The van der Waals surface area contributed by atoms with Gasteiger partial charge in [-0.25, -0.2) is 4.39 Å². The number of amides is 1. The van der Waals surface area contributed by atoms with Crippen LogP contribution in [0.15, 0.2) is 42.5 Å². The van der Waals surface area contributed by atoms with Crippen molar-refractivity contribution in [3.05, 3.63) is 65.0 Å². The number of ketones is 1. The quantitative estimate of drug-likeness (QED) is 0.214. The minimum atomic E-state index is -0.754. The molecule has 1 heterocycles. The summed E-state index contributed by atoms with van der Waals surface area (Å²) in [6.45, 7) is 2.69. The van der Waals surface area contributed by atoms with Crippen LogP contribution in [-0.2, 0) is 14.3 Å². The molecule has 1 aliphatic rings. The normalized spacial score (nSPS) is 14.3. The van der Waals surface area contributed by atoms with E-state index in [4.69, 9.17) is 31.1 Å². The lowest BCUT2D eigenvalue weighted by Gasteiger charge is -2.19. The van der Waals surface area contributed by atoms with Crippen molar-refractivity contribution >= 4 is 28.8 Å². The molecule has 3 rings (SSSR count). The third-order valence-corrected chi connectivity index (χ3v) is 5.43. The van der Waals surface area contributed by atoms with Crippen molar-refractivity contribution in [3.8, 4) is 5.75 Å². The van der Waals surface area contributed by atoms with Crippen molar-refractivity contribution in [1.82, 2.24) is 4.90 Å². The maximum atomic E-state index is 14.4. The summed E-state index contributed by atoms with van der Waals surface area (Å²) in [7, 11) is 1.49. The third-order valence-electron chi connectivity index (χ3n) is 5.43. The third kappa shape index (κ3) is 6.65. The molecule has 5 N–H and O–H groups in total. The van der Waals surface area contributed by atoms with Crippen LogP contribution in [-0.4, -0.2) is 68.9 Å². The van der Waals surface area contributed by atoms with Crippen LogP contribution in [0.2, 0.25) is 0 Å². The monoisotopic (exact) mass is 484 g/mol. The molecule has 0 aliphatic carbocycles. The van der Waals surface area contributed by atoms with Gasteiger partial charge in [-0.2, -0.15) is 0 Å². The van der Waals surface area contributed by atoms with Crippen molar-refractivity contribution in [1.29, 1.82) is 5.41 Å². The van der Waals surface area contributed by atoms with Gasteiger partial charge in [-0.05, 0) is 30.2 Å². The first-order valence-electron chi connectivity index (χ1n) is 11.1. The highest BCUT2D eigenvalue weighted by atomic mass is 19.1. The van der Waals surface area contributed by atoms with Gasteiger partial charge >= 0.3 is 0 Å². The summed E-state index contributed by atoms with van der Waals surface area (Å²) < 4.78 is 29.8. The van der Waals surface area contributed by atoms with Crippen LogP contribution in [0.1, 0.15) is 27.9 Å². The van der Waals surface area contributed by atoms with E-state index in [0.29, 0.717) is 37.4 Å².